The van der Waals surface area contributed by atoms with E-state index in [-0.39, 0.29) is 24.0 Å². The Balaban J connectivity index is 1.84. The molecule has 1 saturated carbocycles. The molecule has 1 aliphatic carbocycles. The molecule has 0 bridgehead atoms. The molecule has 3 unspecified atom stereocenters. The number of hydrogen-bond donors (Lipinski definition) is 0. The molecule has 164 valence electrons. The zero-order chi connectivity index (χ0) is 22.1. The zero-order valence-electron chi connectivity index (χ0n) is 17.8. The lowest BCUT2D eigenvalue weighted by Gasteiger charge is -2.38. The fourth-order valence-corrected chi connectivity index (χ4v) is 4.57. The SMILES string of the molecule is CCOc1cc2c(cc1OC)C(c1ccc(F)c(F)c1)=NC1CCC(OC(C)=O)CC21. The topological polar surface area (TPSA) is 57.1 Å². The minimum atomic E-state index is -0.916. The van der Waals surface area contributed by atoms with Crippen LogP contribution < -0.4 is 9.47 Å². The molecule has 5 nitrogen and oxygen atoms in total. The average molecular weight is 429 g/mol. The average Bonchev–Trinajstić information content (AvgIpc) is 2.74. The molecule has 1 heterocycles. The van der Waals surface area contributed by atoms with Crippen molar-refractivity contribution in [2.45, 2.75) is 51.2 Å². The van der Waals surface area contributed by atoms with Crippen molar-refractivity contribution in [3.05, 3.63) is 58.7 Å². The van der Waals surface area contributed by atoms with E-state index >= 15 is 0 Å². The van der Waals surface area contributed by atoms with Crippen molar-refractivity contribution in [2.24, 2.45) is 4.99 Å². The summed E-state index contributed by atoms with van der Waals surface area (Å²) in [5.41, 5.74) is 2.88. The second kappa shape index (κ2) is 8.65. The Morgan fingerprint density at radius 1 is 1.13 bits per heavy atom. The summed E-state index contributed by atoms with van der Waals surface area (Å²) in [6.07, 6.45) is 1.90. The number of methoxy groups -OCH3 is 1. The van der Waals surface area contributed by atoms with E-state index < -0.39 is 11.6 Å². The summed E-state index contributed by atoms with van der Waals surface area (Å²) in [6, 6.07) is 7.56. The fraction of sp³-hybridized carbons (Fsp3) is 0.417. The van der Waals surface area contributed by atoms with Crippen LogP contribution in [0.2, 0.25) is 0 Å². The van der Waals surface area contributed by atoms with E-state index in [4.69, 9.17) is 19.2 Å². The summed E-state index contributed by atoms with van der Waals surface area (Å²) in [7, 11) is 1.56. The summed E-state index contributed by atoms with van der Waals surface area (Å²) in [4.78, 5) is 16.4. The molecule has 7 heteroatoms. The van der Waals surface area contributed by atoms with Crippen molar-refractivity contribution >= 4 is 11.7 Å². The number of benzene rings is 2. The quantitative estimate of drug-likeness (QED) is 0.642. The molecule has 0 N–H and O–H groups in total. The van der Waals surface area contributed by atoms with Crippen LogP contribution in [0.5, 0.6) is 11.5 Å². The molecule has 31 heavy (non-hydrogen) atoms. The predicted octanol–water partition coefficient (Wildman–Crippen LogP) is 4.79. The first-order valence-corrected chi connectivity index (χ1v) is 10.5. The molecule has 2 aromatic carbocycles. The number of rotatable bonds is 5. The van der Waals surface area contributed by atoms with E-state index in [1.807, 2.05) is 19.1 Å². The van der Waals surface area contributed by atoms with Crippen molar-refractivity contribution in [1.29, 1.82) is 0 Å². The number of carbonyl (C=O) groups is 1. The lowest BCUT2D eigenvalue weighted by Crippen LogP contribution is -2.36. The monoisotopic (exact) mass is 429 g/mol. The summed E-state index contributed by atoms with van der Waals surface area (Å²) in [5.74, 6) is -0.933. The van der Waals surface area contributed by atoms with Gasteiger partial charge in [-0.2, -0.15) is 0 Å². The van der Waals surface area contributed by atoms with Crippen molar-refractivity contribution < 1.29 is 27.8 Å². The van der Waals surface area contributed by atoms with Gasteiger partial charge in [-0.1, -0.05) is 0 Å². The number of nitrogens with zero attached hydrogens (tertiary/aromatic N) is 1. The predicted molar refractivity (Wildman–Crippen MR) is 112 cm³/mol. The van der Waals surface area contributed by atoms with E-state index in [1.54, 1.807) is 7.11 Å². The normalized spacial score (nSPS) is 22.1. The maximum absolute atomic E-state index is 14.0. The lowest BCUT2D eigenvalue weighted by molar-refractivity contribution is -0.148. The van der Waals surface area contributed by atoms with Gasteiger partial charge in [-0.3, -0.25) is 9.79 Å². The second-order valence-corrected chi connectivity index (χ2v) is 7.85. The molecular formula is C24H25F2NO4. The molecule has 0 saturated heterocycles. The smallest absolute Gasteiger partial charge is 0.302 e. The van der Waals surface area contributed by atoms with Gasteiger partial charge in [-0.15, -0.1) is 0 Å². The Kier molecular flexibility index (Phi) is 5.94. The van der Waals surface area contributed by atoms with E-state index in [2.05, 4.69) is 0 Å². The van der Waals surface area contributed by atoms with Gasteiger partial charge >= 0.3 is 5.97 Å². The van der Waals surface area contributed by atoms with Crippen LogP contribution in [0.15, 0.2) is 35.3 Å². The van der Waals surface area contributed by atoms with Gasteiger partial charge < -0.3 is 14.2 Å². The summed E-state index contributed by atoms with van der Waals surface area (Å²) in [6.45, 7) is 3.79. The third-order valence-corrected chi connectivity index (χ3v) is 5.88. The third-order valence-electron chi connectivity index (χ3n) is 5.88. The first kappa shape index (κ1) is 21.3. The molecule has 0 radical (unpaired) electrons. The first-order valence-electron chi connectivity index (χ1n) is 10.5. The van der Waals surface area contributed by atoms with Gasteiger partial charge in [0.15, 0.2) is 23.1 Å². The summed E-state index contributed by atoms with van der Waals surface area (Å²) < 4.78 is 44.3. The van der Waals surface area contributed by atoms with E-state index in [0.717, 1.165) is 23.6 Å². The number of ether oxygens (including phenoxy) is 3. The number of aliphatic imine (C=N–C) groups is 1. The van der Waals surface area contributed by atoms with Crippen molar-refractivity contribution in [3.8, 4) is 11.5 Å². The molecule has 2 aliphatic rings. The van der Waals surface area contributed by atoms with E-state index in [1.165, 1.54) is 19.1 Å². The van der Waals surface area contributed by atoms with Crippen LogP contribution >= 0.6 is 0 Å². The molecule has 1 fully saturated rings. The Labute approximate surface area is 180 Å². The maximum Gasteiger partial charge on any atom is 0.302 e. The highest BCUT2D eigenvalue weighted by Crippen LogP contribution is 2.45. The first-order chi connectivity index (χ1) is 14.9. The van der Waals surface area contributed by atoms with Crippen LogP contribution in [0.1, 0.15) is 55.7 Å². The van der Waals surface area contributed by atoms with Crippen LogP contribution in [0.25, 0.3) is 0 Å². The highest BCUT2D eigenvalue weighted by Gasteiger charge is 2.38. The fourth-order valence-electron chi connectivity index (χ4n) is 4.57. The largest absolute Gasteiger partial charge is 0.493 e. The molecule has 1 aliphatic heterocycles. The van der Waals surface area contributed by atoms with Gasteiger partial charge in [0, 0.05) is 24.0 Å². The highest BCUT2D eigenvalue weighted by molar-refractivity contribution is 6.15. The minimum Gasteiger partial charge on any atom is -0.493 e. The van der Waals surface area contributed by atoms with Crippen LogP contribution in [0.3, 0.4) is 0 Å². The molecule has 0 aromatic heterocycles. The maximum atomic E-state index is 14.0. The van der Waals surface area contributed by atoms with Gasteiger partial charge in [-0.25, -0.2) is 8.78 Å². The Morgan fingerprint density at radius 2 is 1.94 bits per heavy atom. The molecule has 2 aromatic rings. The van der Waals surface area contributed by atoms with Crippen molar-refractivity contribution in [3.63, 3.8) is 0 Å². The summed E-state index contributed by atoms with van der Waals surface area (Å²) in [5, 5.41) is 0. The van der Waals surface area contributed by atoms with Crippen LogP contribution in [0, 0.1) is 11.6 Å². The van der Waals surface area contributed by atoms with E-state index in [9.17, 15) is 13.6 Å². The Hall–Kier alpha value is -2.96. The standard InChI is InChI=1S/C24H25F2NO4/c1-4-30-23-11-16-17-10-15(31-13(2)28)6-8-21(17)27-24(18(16)12-22(23)29-3)14-5-7-19(25)20(26)9-14/h5,7,9,11-12,15,17,21H,4,6,8,10H2,1-3H3. The number of esters is 1. The molecular weight excluding hydrogens is 404 g/mol. The molecule has 0 amide bonds. The van der Waals surface area contributed by atoms with Gasteiger partial charge in [-0.05, 0) is 62.1 Å². The number of hydrogen-bond acceptors (Lipinski definition) is 5. The molecule has 4 rings (SSSR count). The van der Waals surface area contributed by atoms with Gasteiger partial charge in [0.25, 0.3) is 0 Å². The summed E-state index contributed by atoms with van der Waals surface area (Å²) >= 11 is 0. The number of halogens is 2. The van der Waals surface area contributed by atoms with Crippen LogP contribution in [-0.2, 0) is 9.53 Å². The Bertz CT molecular complexity index is 1040. The zero-order valence-corrected chi connectivity index (χ0v) is 17.8. The van der Waals surface area contributed by atoms with E-state index in [0.29, 0.717) is 42.2 Å². The van der Waals surface area contributed by atoms with Gasteiger partial charge in [0.2, 0.25) is 0 Å². The molecule has 3 atom stereocenters. The van der Waals surface area contributed by atoms with Crippen LogP contribution in [0.4, 0.5) is 8.78 Å². The van der Waals surface area contributed by atoms with Crippen LogP contribution in [-0.4, -0.2) is 37.5 Å². The second-order valence-electron chi connectivity index (χ2n) is 7.85. The highest BCUT2D eigenvalue weighted by atomic mass is 19.2. The van der Waals surface area contributed by atoms with Crippen molar-refractivity contribution in [2.75, 3.05) is 13.7 Å². The van der Waals surface area contributed by atoms with Crippen molar-refractivity contribution in [1.82, 2.24) is 0 Å². The lowest BCUT2D eigenvalue weighted by atomic mass is 9.74. The Morgan fingerprint density at radius 3 is 2.61 bits per heavy atom. The minimum absolute atomic E-state index is 0.0206. The molecule has 0 spiro atoms. The van der Waals surface area contributed by atoms with Gasteiger partial charge in [0.1, 0.15) is 6.10 Å². The number of carbonyl (C=O) groups excluding carboxylic acids is 1. The third kappa shape index (κ3) is 4.13. The number of fused-ring (bicyclic) bond motifs is 3. The van der Waals surface area contributed by atoms with Gasteiger partial charge in [0.05, 0.1) is 25.5 Å².